The smallest absolute Gasteiger partial charge is 0.338 e. The highest BCUT2D eigenvalue weighted by Gasteiger charge is 2.69. The molecular weight excluding hydrogens is 1060 g/mol. The van der Waals surface area contributed by atoms with Crippen LogP contribution in [0.3, 0.4) is 0 Å². The number of Topliss-reactive ketones (excluding diaryl/α,β-unsaturated/α-hetero) is 1. The first-order chi connectivity index (χ1) is 36.9. The van der Waals surface area contributed by atoms with Crippen LogP contribution in [0.5, 0.6) is 0 Å². The normalized spacial score (nSPS) is 39.2. The van der Waals surface area contributed by atoms with Crippen LogP contribution < -0.4 is 0 Å². The third kappa shape index (κ3) is 13.8. The fraction of sp³-hybridized carbons (Fsp3) is 0.800. The van der Waals surface area contributed by atoms with E-state index in [1.807, 2.05) is 6.07 Å². The van der Waals surface area contributed by atoms with Crippen LogP contribution in [0.25, 0.3) is 0 Å². The van der Waals surface area contributed by atoms with Crippen LogP contribution in [0, 0.1) is 11.8 Å². The van der Waals surface area contributed by atoms with Crippen LogP contribution >= 0.6 is 0 Å². The van der Waals surface area contributed by atoms with Crippen LogP contribution in [0.1, 0.15) is 142 Å². The molecule has 0 N–H and O–H groups in total. The van der Waals surface area contributed by atoms with Crippen LogP contribution in [0.2, 0.25) is 36.3 Å². The molecule has 10 bridgehead atoms. The lowest BCUT2D eigenvalue weighted by Gasteiger charge is -2.47. The Morgan fingerprint density at radius 1 is 0.772 bits per heavy atom. The van der Waals surface area contributed by atoms with Crippen LogP contribution in [0.15, 0.2) is 54.6 Å². The van der Waals surface area contributed by atoms with E-state index in [0.29, 0.717) is 75.5 Å². The maximum atomic E-state index is 14.9. The lowest BCUT2D eigenvalue weighted by Crippen LogP contribution is -2.61. The summed E-state index contributed by atoms with van der Waals surface area (Å²) >= 11 is 0. The van der Waals surface area contributed by atoms with Crippen molar-refractivity contribution >= 4 is 38.5 Å². The maximum Gasteiger partial charge on any atom is 0.338 e. The minimum atomic E-state index is -3.97. The quantitative estimate of drug-likeness (QED) is 0.0834. The number of methoxy groups -OCH3 is 1. The van der Waals surface area contributed by atoms with Gasteiger partial charge in [-0.25, -0.2) is 4.79 Å². The van der Waals surface area contributed by atoms with Crippen molar-refractivity contribution in [3.8, 4) is 0 Å². The average Bonchev–Trinajstić information content (AvgIpc) is 4.12. The van der Waals surface area contributed by atoms with Crippen molar-refractivity contribution in [3.63, 3.8) is 0 Å². The molecule has 19 atom stereocenters. The number of hydrogen-bond acceptors (Lipinski definition) is 16. The van der Waals surface area contributed by atoms with Gasteiger partial charge in [0.1, 0.15) is 42.4 Å². The molecule has 1 aromatic rings. The molecule has 9 aliphatic rings. The average molecular weight is 1160 g/mol. The Morgan fingerprint density at radius 2 is 1.44 bits per heavy atom. The van der Waals surface area contributed by atoms with Gasteiger partial charge < -0.3 is 51.5 Å². The lowest BCUT2D eigenvalue weighted by atomic mass is 9.81. The first-order valence-electron chi connectivity index (χ1n) is 29.4. The van der Waals surface area contributed by atoms with Gasteiger partial charge in [-0.3, -0.25) is 8.98 Å². The molecule has 1 aromatic carbocycles. The molecule has 19 heteroatoms. The zero-order valence-electron chi connectivity index (χ0n) is 49.5. The Morgan fingerprint density at radius 3 is 2.13 bits per heavy atom. The number of benzene rings is 1. The Balaban J connectivity index is 1.03. The van der Waals surface area contributed by atoms with Crippen molar-refractivity contribution in [2.45, 2.75) is 272 Å². The van der Waals surface area contributed by atoms with E-state index >= 15 is 0 Å². The summed E-state index contributed by atoms with van der Waals surface area (Å²) in [5.74, 6) is -1.85. The van der Waals surface area contributed by atoms with Gasteiger partial charge in [0.25, 0.3) is 10.1 Å². The maximum absolute atomic E-state index is 14.9. The van der Waals surface area contributed by atoms with Crippen LogP contribution in [0.4, 0.5) is 0 Å². The minimum absolute atomic E-state index is 0.00416. The molecule has 9 saturated heterocycles. The number of fused-ring (bicyclic) bond motifs is 4. The van der Waals surface area contributed by atoms with Gasteiger partial charge in [-0.15, -0.1) is 0 Å². The Hall–Kier alpha value is -2.22. The molecule has 0 aliphatic carbocycles. The number of ether oxygens (including phenoxy) is 9. The molecular formula is C60H94O16SSi2. The van der Waals surface area contributed by atoms with Crippen molar-refractivity contribution in [1.29, 1.82) is 0 Å². The predicted octanol–water partition coefficient (Wildman–Crippen LogP) is 10.3. The Kier molecular flexibility index (Phi) is 18.4. The van der Waals surface area contributed by atoms with E-state index in [4.69, 9.17) is 55.7 Å². The molecule has 0 amide bonds. The second-order valence-corrected chi connectivity index (χ2v) is 38.7. The fourth-order valence-corrected chi connectivity index (χ4v) is 16.2. The molecule has 16 nitrogen and oxygen atoms in total. The second-order valence-electron chi connectivity index (χ2n) is 27.5. The summed E-state index contributed by atoms with van der Waals surface area (Å²) in [6, 6.07) is 8.78. The van der Waals surface area contributed by atoms with Gasteiger partial charge >= 0.3 is 5.97 Å². The van der Waals surface area contributed by atoms with Gasteiger partial charge in [0.05, 0.1) is 79.5 Å². The van der Waals surface area contributed by atoms with Gasteiger partial charge in [-0.2, -0.15) is 8.42 Å². The van der Waals surface area contributed by atoms with E-state index in [0.717, 1.165) is 11.8 Å². The topological polar surface area (TPSA) is 179 Å². The summed E-state index contributed by atoms with van der Waals surface area (Å²) in [6.45, 7) is 34.1. The van der Waals surface area contributed by atoms with E-state index in [1.165, 1.54) is 0 Å². The molecule has 1 spiro atoms. The van der Waals surface area contributed by atoms with Crippen molar-refractivity contribution in [2.75, 3.05) is 20.0 Å². The van der Waals surface area contributed by atoms with Gasteiger partial charge in [0, 0.05) is 58.0 Å². The third-order valence-electron chi connectivity index (χ3n) is 19.6. The van der Waals surface area contributed by atoms with E-state index in [-0.39, 0.29) is 90.0 Å². The molecule has 444 valence electrons. The molecule has 9 fully saturated rings. The summed E-state index contributed by atoms with van der Waals surface area (Å²) < 4.78 is 108. The first kappa shape index (κ1) is 61.3. The summed E-state index contributed by atoms with van der Waals surface area (Å²) in [4.78, 5) is 28.7. The standard InChI is InChI=1S/C60H94O16SSi2/c1-35-27-40-21-23-45(75-77(11,63)64)36(2)28-42(69-57(62)38-19-17-16-18-20-38)25-26-60-33-50-53(73-60)54-55(72-50)56(74-60)52-46(71-54)24-22-41(68-52)29-39(61)30-44-48(32-47(67-40)37(35)3)70-49(51(44)65-10)31-43(76-79(14,15)59(7,8)9)34-66-78(12,13)58(4,5)6/h16-20,35,40-56H,2-3,21-34H2,1,4-15H3/t35?,40?,41?,42-,43?,44?,45?,46?,47?,48?,49?,50?,51+,52-,53?,54-,55?,56?,60-/m0/s1. The van der Waals surface area contributed by atoms with Gasteiger partial charge in [0.15, 0.2) is 22.4 Å². The Labute approximate surface area is 473 Å². The number of carbonyl (C=O) groups excluding carboxylic acids is 2. The lowest BCUT2D eigenvalue weighted by molar-refractivity contribution is -0.292. The minimum Gasteiger partial charge on any atom is -0.458 e. The summed E-state index contributed by atoms with van der Waals surface area (Å²) in [6.07, 6.45) is -0.958. The largest absolute Gasteiger partial charge is 0.458 e. The summed E-state index contributed by atoms with van der Waals surface area (Å²) in [7, 11) is -6.76. The van der Waals surface area contributed by atoms with E-state index in [1.54, 1.807) is 31.4 Å². The van der Waals surface area contributed by atoms with Gasteiger partial charge in [-0.05, 0) is 104 Å². The number of carbonyl (C=O) groups is 2. The highest BCUT2D eigenvalue weighted by atomic mass is 32.2. The Bertz CT molecular complexity index is 2460. The van der Waals surface area contributed by atoms with Gasteiger partial charge in [-0.1, -0.05) is 79.8 Å². The van der Waals surface area contributed by atoms with Crippen molar-refractivity contribution in [1.82, 2.24) is 0 Å². The summed E-state index contributed by atoms with van der Waals surface area (Å²) in [5, 5.41) is -0.0604. The van der Waals surface area contributed by atoms with Crippen molar-refractivity contribution in [3.05, 3.63) is 60.2 Å². The second kappa shape index (κ2) is 23.7. The summed E-state index contributed by atoms with van der Waals surface area (Å²) in [5.41, 5.74) is 1.79. The third-order valence-corrected chi connectivity index (χ3v) is 29.2. The molecule has 14 unspecified atom stereocenters. The van der Waals surface area contributed by atoms with Crippen molar-refractivity contribution in [2.24, 2.45) is 11.8 Å². The van der Waals surface area contributed by atoms with E-state index < -0.39 is 99.5 Å². The number of ketones is 1. The van der Waals surface area contributed by atoms with Crippen LogP contribution in [-0.4, -0.2) is 160 Å². The fourth-order valence-electron chi connectivity index (χ4n) is 13.1. The van der Waals surface area contributed by atoms with Gasteiger partial charge in [0.2, 0.25) is 0 Å². The predicted molar refractivity (Wildman–Crippen MR) is 303 cm³/mol. The van der Waals surface area contributed by atoms with Crippen molar-refractivity contribution < 1.29 is 73.7 Å². The molecule has 0 aromatic heterocycles. The monoisotopic (exact) mass is 1160 g/mol. The van der Waals surface area contributed by atoms with Crippen LogP contribution in [-0.2, 0) is 70.6 Å². The number of hydrogen-bond donors (Lipinski definition) is 0. The SMILES string of the molecule is C=C1C[C@@H](OC(=O)c2ccccc2)CC[C@@]23CC4OC5C(O2)[C@H]2OC(CCC2O[C@H]5C4O3)CC(=O)CC2C(CC3OC(CCC1OS(C)(=O)=O)CC(C)C3=C)OC(CC(CO[Si](C)(C)C(C)(C)C)O[Si](C)(C)C(C)(C)C)[C@@H]2OC. The van der Waals surface area contributed by atoms with E-state index in [9.17, 15) is 18.0 Å². The zero-order valence-corrected chi connectivity index (χ0v) is 52.3. The first-order valence-corrected chi connectivity index (χ1v) is 37.0. The molecule has 9 heterocycles. The van der Waals surface area contributed by atoms with E-state index in [2.05, 4.69) is 87.8 Å². The molecule has 10 rings (SSSR count). The molecule has 0 saturated carbocycles. The molecule has 0 radical (unpaired) electrons. The highest BCUT2D eigenvalue weighted by molar-refractivity contribution is 7.86. The highest BCUT2D eigenvalue weighted by Crippen LogP contribution is 2.54. The zero-order chi connectivity index (χ0) is 57.2. The number of rotatable bonds is 12. The molecule has 9 aliphatic heterocycles. The molecule has 79 heavy (non-hydrogen) atoms. The number of esters is 1.